The van der Waals surface area contributed by atoms with Gasteiger partial charge in [0.2, 0.25) is 5.91 Å². The van der Waals surface area contributed by atoms with Crippen LogP contribution in [0.1, 0.15) is 26.7 Å². The molecule has 0 saturated carbocycles. The third kappa shape index (κ3) is 5.21. The largest absolute Gasteiger partial charge is 0.480 e. The van der Waals surface area contributed by atoms with Crippen molar-refractivity contribution in [3.8, 4) is 0 Å². The molecule has 1 unspecified atom stereocenters. The summed E-state index contributed by atoms with van der Waals surface area (Å²) >= 11 is 1.41. The Labute approximate surface area is 100 Å². The molecule has 1 atom stereocenters. The fraction of sp³-hybridized carbons (Fsp3) is 0.636. The van der Waals surface area contributed by atoms with E-state index in [4.69, 9.17) is 5.11 Å². The van der Waals surface area contributed by atoms with Crippen LogP contribution in [0.15, 0.2) is 12.7 Å². The van der Waals surface area contributed by atoms with Crippen LogP contribution in [0.3, 0.4) is 0 Å². The monoisotopic (exact) mass is 245 g/mol. The molecule has 0 aromatic rings. The average molecular weight is 245 g/mol. The van der Waals surface area contributed by atoms with Gasteiger partial charge in [0.15, 0.2) is 0 Å². The van der Waals surface area contributed by atoms with Gasteiger partial charge in [-0.2, -0.15) is 0 Å². The lowest BCUT2D eigenvalue weighted by molar-refractivity contribution is -0.146. The Bertz CT molecular complexity index is 268. The van der Waals surface area contributed by atoms with E-state index in [2.05, 4.69) is 11.9 Å². The third-order valence-electron chi connectivity index (χ3n) is 2.11. The maximum Gasteiger partial charge on any atom is 0.329 e. The molecule has 2 N–H and O–H groups in total. The molecule has 1 amide bonds. The molecule has 0 radical (unpaired) electrons. The Morgan fingerprint density at radius 3 is 2.62 bits per heavy atom. The van der Waals surface area contributed by atoms with E-state index in [1.54, 1.807) is 6.08 Å². The second kappa shape index (κ2) is 7.33. The molecular formula is C11H19NO3S. The SMILES string of the molecule is C=CCSCC(=O)NC(C)(CCC)C(=O)O. The van der Waals surface area contributed by atoms with Gasteiger partial charge in [0.05, 0.1) is 5.75 Å². The van der Waals surface area contributed by atoms with Gasteiger partial charge in [-0.3, -0.25) is 4.79 Å². The molecule has 5 heteroatoms. The molecule has 0 saturated heterocycles. The van der Waals surface area contributed by atoms with Gasteiger partial charge in [-0.25, -0.2) is 4.79 Å². The van der Waals surface area contributed by atoms with Crippen molar-refractivity contribution in [3.05, 3.63) is 12.7 Å². The van der Waals surface area contributed by atoms with Crippen molar-refractivity contribution in [2.75, 3.05) is 11.5 Å². The van der Waals surface area contributed by atoms with Crippen molar-refractivity contribution in [3.63, 3.8) is 0 Å². The first-order chi connectivity index (χ1) is 7.46. The van der Waals surface area contributed by atoms with E-state index in [1.165, 1.54) is 18.7 Å². The fourth-order valence-electron chi connectivity index (χ4n) is 1.30. The molecule has 92 valence electrons. The van der Waals surface area contributed by atoms with Crippen LogP contribution in [0.2, 0.25) is 0 Å². The van der Waals surface area contributed by atoms with Gasteiger partial charge in [0.1, 0.15) is 5.54 Å². The summed E-state index contributed by atoms with van der Waals surface area (Å²) in [5.74, 6) is -0.287. The number of hydrogen-bond acceptors (Lipinski definition) is 3. The van der Waals surface area contributed by atoms with E-state index in [9.17, 15) is 9.59 Å². The Kier molecular flexibility index (Phi) is 6.88. The highest BCUT2D eigenvalue weighted by Gasteiger charge is 2.33. The normalized spacial score (nSPS) is 13.9. The van der Waals surface area contributed by atoms with Gasteiger partial charge in [-0.05, 0) is 13.3 Å². The van der Waals surface area contributed by atoms with E-state index < -0.39 is 11.5 Å². The second-order valence-electron chi connectivity index (χ2n) is 3.74. The van der Waals surface area contributed by atoms with Crippen molar-refractivity contribution in [2.24, 2.45) is 0 Å². The molecule has 0 spiro atoms. The fourth-order valence-corrected chi connectivity index (χ4v) is 1.84. The first-order valence-corrected chi connectivity index (χ1v) is 6.34. The number of carboxylic acid groups (broad SMARTS) is 1. The quantitative estimate of drug-likeness (QED) is 0.504. The number of rotatable bonds is 8. The number of nitrogens with one attached hydrogen (secondary N) is 1. The molecule has 0 aliphatic rings. The van der Waals surface area contributed by atoms with Crippen LogP contribution in [0.25, 0.3) is 0 Å². The molecule has 0 aliphatic heterocycles. The standard InChI is InChI=1S/C11H19NO3S/c1-4-6-11(3,10(14)15)12-9(13)8-16-7-5-2/h5H,2,4,6-8H2,1,3H3,(H,12,13)(H,14,15). The van der Waals surface area contributed by atoms with Crippen molar-refractivity contribution >= 4 is 23.6 Å². The van der Waals surface area contributed by atoms with E-state index in [-0.39, 0.29) is 11.7 Å². The van der Waals surface area contributed by atoms with Gasteiger partial charge in [-0.1, -0.05) is 19.4 Å². The molecule has 0 aromatic carbocycles. The minimum Gasteiger partial charge on any atom is -0.480 e. The summed E-state index contributed by atoms with van der Waals surface area (Å²) in [5.41, 5.74) is -1.15. The molecular weight excluding hydrogens is 226 g/mol. The molecule has 0 bridgehead atoms. The van der Waals surface area contributed by atoms with Gasteiger partial charge >= 0.3 is 5.97 Å². The maximum absolute atomic E-state index is 11.5. The van der Waals surface area contributed by atoms with E-state index >= 15 is 0 Å². The first kappa shape index (κ1) is 15.0. The van der Waals surface area contributed by atoms with Crippen molar-refractivity contribution < 1.29 is 14.7 Å². The topological polar surface area (TPSA) is 66.4 Å². The van der Waals surface area contributed by atoms with Crippen molar-refractivity contribution in [2.45, 2.75) is 32.2 Å². The Hall–Kier alpha value is -0.970. The highest BCUT2D eigenvalue weighted by Crippen LogP contribution is 2.13. The molecule has 0 aliphatic carbocycles. The number of hydrogen-bond donors (Lipinski definition) is 2. The summed E-state index contributed by atoms with van der Waals surface area (Å²) in [5, 5.41) is 11.6. The van der Waals surface area contributed by atoms with Crippen LogP contribution in [0, 0.1) is 0 Å². The second-order valence-corrected chi connectivity index (χ2v) is 4.77. The molecule has 4 nitrogen and oxygen atoms in total. The lowest BCUT2D eigenvalue weighted by Crippen LogP contribution is -2.52. The predicted octanol–water partition coefficient (Wildman–Crippen LogP) is 1.67. The average Bonchev–Trinajstić information content (AvgIpc) is 2.18. The molecule has 0 fully saturated rings. The first-order valence-electron chi connectivity index (χ1n) is 5.19. The lowest BCUT2D eigenvalue weighted by Gasteiger charge is -2.25. The zero-order chi connectivity index (χ0) is 12.6. The van der Waals surface area contributed by atoms with Gasteiger partial charge in [-0.15, -0.1) is 18.3 Å². The highest BCUT2D eigenvalue weighted by molar-refractivity contribution is 8.00. The van der Waals surface area contributed by atoms with Gasteiger partial charge in [0, 0.05) is 5.75 Å². The van der Waals surface area contributed by atoms with Gasteiger partial charge in [0.25, 0.3) is 0 Å². The van der Waals surface area contributed by atoms with Crippen LogP contribution in [-0.2, 0) is 9.59 Å². The minimum absolute atomic E-state index is 0.245. The molecule has 0 heterocycles. The minimum atomic E-state index is -1.15. The summed E-state index contributed by atoms with van der Waals surface area (Å²) in [6.07, 6.45) is 2.85. The van der Waals surface area contributed by atoms with Crippen LogP contribution < -0.4 is 5.32 Å². The van der Waals surface area contributed by atoms with Crippen LogP contribution in [0.4, 0.5) is 0 Å². The molecule has 0 rings (SSSR count). The Morgan fingerprint density at radius 1 is 1.56 bits per heavy atom. The number of amides is 1. The maximum atomic E-state index is 11.5. The lowest BCUT2D eigenvalue weighted by atomic mass is 9.96. The molecule has 16 heavy (non-hydrogen) atoms. The van der Waals surface area contributed by atoms with Gasteiger partial charge < -0.3 is 10.4 Å². The summed E-state index contributed by atoms with van der Waals surface area (Å²) < 4.78 is 0. The molecule has 0 aromatic heterocycles. The third-order valence-corrected chi connectivity index (χ3v) is 3.04. The van der Waals surface area contributed by atoms with Crippen LogP contribution >= 0.6 is 11.8 Å². The summed E-state index contributed by atoms with van der Waals surface area (Å²) in [4.78, 5) is 22.5. The van der Waals surface area contributed by atoms with Crippen LogP contribution in [0.5, 0.6) is 0 Å². The number of carboxylic acids is 1. The smallest absolute Gasteiger partial charge is 0.329 e. The van der Waals surface area contributed by atoms with Crippen LogP contribution in [-0.4, -0.2) is 34.0 Å². The van der Waals surface area contributed by atoms with E-state index in [0.29, 0.717) is 18.6 Å². The summed E-state index contributed by atoms with van der Waals surface area (Å²) in [6.45, 7) is 6.97. The zero-order valence-corrected chi connectivity index (χ0v) is 10.6. The van der Waals surface area contributed by atoms with Crippen molar-refractivity contribution in [1.29, 1.82) is 0 Å². The number of aliphatic carboxylic acids is 1. The van der Waals surface area contributed by atoms with E-state index in [1.807, 2.05) is 6.92 Å². The number of carbonyl (C=O) groups is 2. The summed E-state index contributed by atoms with van der Waals surface area (Å²) in [7, 11) is 0. The number of carbonyl (C=O) groups excluding carboxylic acids is 1. The highest BCUT2D eigenvalue weighted by atomic mass is 32.2. The predicted molar refractivity (Wildman–Crippen MR) is 66.6 cm³/mol. The van der Waals surface area contributed by atoms with E-state index in [0.717, 1.165) is 0 Å². The zero-order valence-electron chi connectivity index (χ0n) is 9.78. The number of thioether (sulfide) groups is 1. The van der Waals surface area contributed by atoms with Crippen molar-refractivity contribution in [1.82, 2.24) is 5.32 Å². The Morgan fingerprint density at radius 2 is 2.19 bits per heavy atom. The Balaban J connectivity index is 4.23. The summed E-state index contributed by atoms with van der Waals surface area (Å²) in [6, 6.07) is 0.